The molecule has 0 saturated heterocycles. The van der Waals surface area contributed by atoms with Crippen LogP contribution in [0, 0.1) is 0 Å². The van der Waals surface area contributed by atoms with Crippen LogP contribution >= 0.6 is 16.8 Å². The van der Waals surface area contributed by atoms with E-state index in [-0.39, 0.29) is 5.90 Å². The molecule has 0 fully saturated rings. The van der Waals surface area contributed by atoms with Gasteiger partial charge >= 0.3 is 7.60 Å². The van der Waals surface area contributed by atoms with Crippen molar-refractivity contribution in [1.29, 1.82) is 0 Å². The van der Waals surface area contributed by atoms with Crippen LogP contribution in [0.15, 0.2) is 0 Å². The van der Waals surface area contributed by atoms with Gasteiger partial charge in [-0.25, -0.2) is 0 Å². The monoisotopic (exact) mass is 129 g/mol. The first-order valence-corrected chi connectivity index (χ1v) is 4.20. The van der Waals surface area contributed by atoms with Gasteiger partial charge in [0.25, 0.3) is 0 Å². The Morgan fingerprint density at radius 3 is 1.83 bits per heavy atom. The van der Waals surface area contributed by atoms with Crippen molar-refractivity contribution < 1.29 is 14.4 Å². The third kappa shape index (κ3) is 4.58. The molecular weight excluding hydrogens is 122 g/mol. The van der Waals surface area contributed by atoms with E-state index in [4.69, 9.17) is 9.79 Å². The van der Waals surface area contributed by atoms with E-state index in [1.807, 2.05) is 0 Å². The molecule has 1 atom stereocenters. The summed E-state index contributed by atoms with van der Waals surface area (Å²) in [5.41, 5.74) is 0. The van der Waals surface area contributed by atoms with Crippen LogP contribution in [-0.4, -0.2) is 15.7 Å². The van der Waals surface area contributed by atoms with Crippen LogP contribution in [0.5, 0.6) is 0 Å². The summed E-state index contributed by atoms with van der Waals surface area (Å²) in [4.78, 5) is 15.9. The molecular formula is CH7O3P2+. The highest BCUT2D eigenvalue weighted by atomic mass is 31.2. The van der Waals surface area contributed by atoms with Crippen LogP contribution in [0.4, 0.5) is 0 Å². The zero-order valence-corrected chi connectivity index (χ0v) is 5.47. The third-order valence-electron chi connectivity index (χ3n) is 0.291. The maximum absolute atomic E-state index is 9.70. The van der Waals surface area contributed by atoms with Crippen molar-refractivity contribution in [3.05, 3.63) is 0 Å². The van der Waals surface area contributed by atoms with Gasteiger partial charge in [-0.2, -0.15) is 0 Å². The van der Waals surface area contributed by atoms with Crippen molar-refractivity contribution in [2.75, 3.05) is 5.90 Å². The molecule has 0 aromatic rings. The van der Waals surface area contributed by atoms with Crippen LogP contribution in [-0.2, 0) is 4.57 Å². The van der Waals surface area contributed by atoms with Crippen molar-refractivity contribution in [3.63, 3.8) is 0 Å². The predicted molar refractivity (Wildman–Crippen MR) is 28.0 cm³/mol. The summed E-state index contributed by atoms with van der Waals surface area (Å²) < 4.78 is 9.70. The molecule has 6 heavy (non-hydrogen) atoms. The molecule has 2 N–H and O–H groups in total. The minimum Gasteiger partial charge on any atom is -0.322 e. The van der Waals surface area contributed by atoms with E-state index in [2.05, 4.69) is 0 Å². The topological polar surface area (TPSA) is 57.5 Å². The summed E-state index contributed by atoms with van der Waals surface area (Å²) in [6.45, 7) is 0. The Bertz CT molecular complexity index is 72.9. The Morgan fingerprint density at radius 1 is 1.67 bits per heavy atom. The molecule has 0 saturated carbocycles. The average molecular weight is 129 g/mol. The molecule has 0 heterocycles. The Labute approximate surface area is 38.1 Å². The summed E-state index contributed by atoms with van der Waals surface area (Å²) in [5, 5.41) is 0. The molecule has 5 heteroatoms. The van der Waals surface area contributed by atoms with Gasteiger partial charge in [0.15, 0.2) is 5.90 Å². The predicted octanol–water partition coefficient (Wildman–Crippen LogP) is -0.271. The van der Waals surface area contributed by atoms with E-state index < -0.39 is 7.60 Å². The van der Waals surface area contributed by atoms with Crippen LogP contribution in [0.25, 0.3) is 0 Å². The van der Waals surface area contributed by atoms with Gasteiger partial charge in [-0.3, -0.25) is 4.57 Å². The Hall–Kier alpha value is 0.580. The summed E-state index contributed by atoms with van der Waals surface area (Å²) >= 11 is 0. The molecule has 3 nitrogen and oxygen atoms in total. The van der Waals surface area contributed by atoms with E-state index in [0.29, 0.717) is 0 Å². The first kappa shape index (κ1) is 6.58. The average Bonchev–Trinajstić information content (AvgIpc) is 1.35. The molecule has 0 aliphatic heterocycles. The quantitative estimate of drug-likeness (QED) is 0.479. The van der Waals surface area contributed by atoms with Crippen LogP contribution in [0.1, 0.15) is 0 Å². The van der Waals surface area contributed by atoms with E-state index in [1.165, 1.54) is 9.24 Å². The molecule has 0 radical (unpaired) electrons. The highest BCUT2D eigenvalue weighted by Crippen LogP contribution is 2.35. The van der Waals surface area contributed by atoms with Crippen molar-refractivity contribution in [2.24, 2.45) is 0 Å². The van der Waals surface area contributed by atoms with Gasteiger partial charge in [0, 0.05) is 0 Å². The van der Waals surface area contributed by atoms with Crippen LogP contribution in [0.3, 0.4) is 0 Å². The third-order valence-corrected chi connectivity index (χ3v) is 2.62. The van der Waals surface area contributed by atoms with Crippen LogP contribution in [0.2, 0.25) is 0 Å². The minimum atomic E-state index is -3.63. The van der Waals surface area contributed by atoms with E-state index >= 15 is 0 Å². The summed E-state index contributed by atoms with van der Waals surface area (Å²) in [5.74, 6) is -0.0347. The SMILES string of the molecule is O=P(O)(O)C[PH3+]. The second-order valence-corrected chi connectivity index (χ2v) is 4.01. The molecule has 0 amide bonds. The standard InChI is InChI=1S/CH6O3P2/c2-6(3,4)1-5/h1,5H2,(H2,2,3,4)/p+1. The van der Waals surface area contributed by atoms with E-state index in [1.54, 1.807) is 0 Å². The van der Waals surface area contributed by atoms with Gasteiger partial charge < -0.3 is 9.79 Å². The summed E-state index contributed by atoms with van der Waals surface area (Å²) in [6, 6.07) is 0. The summed E-state index contributed by atoms with van der Waals surface area (Å²) in [6.07, 6.45) is 0. The molecule has 38 valence electrons. The second-order valence-electron chi connectivity index (χ2n) is 0.888. The molecule has 0 spiro atoms. The molecule has 0 aliphatic rings. The second kappa shape index (κ2) is 2.04. The van der Waals surface area contributed by atoms with Gasteiger partial charge in [0.2, 0.25) is 0 Å². The molecule has 0 bridgehead atoms. The highest BCUT2D eigenvalue weighted by molar-refractivity contribution is 7.59. The maximum atomic E-state index is 9.70. The van der Waals surface area contributed by atoms with E-state index in [9.17, 15) is 4.57 Å². The van der Waals surface area contributed by atoms with Crippen molar-refractivity contribution in [2.45, 2.75) is 0 Å². The lowest BCUT2D eigenvalue weighted by molar-refractivity contribution is 0.379. The lowest BCUT2D eigenvalue weighted by atomic mass is 11.9. The fourth-order valence-corrected chi connectivity index (χ4v) is 0. The zero-order valence-electron chi connectivity index (χ0n) is 3.16. The van der Waals surface area contributed by atoms with Gasteiger partial charge in [0.05, 0.1) is 0 Å². The molecule has 0 aliphatic carbocycles. The molecule has 0 aromatic carbocycles. The van der Waals surface area contributed by atoms with Crippen molar-refractivity contribution >= 4 is 16.8 Å². The minimum absolute atomic E-state index is 0.0347. The fraction of sp³-hybridized carbons (Fsp3) is 1.00. The Morgan fingerprint density at radius 2 is 1.83 bits per heavy atom. The Balaban J connectivity index is 3.48. The zero-order chi connectivity index (χ0) is 5.21. The first-order chi connectivity index (χ1) is 2.56. The van der Waals surface area contributed by atoms with Gasteiger partial charge in [-0.15, -0.1) is 0 Å². The molecule has 0 aromatic heterocycles. The summed E-state index contributed by atoms with van der Waals surface area (Å²) in [7, 11) is -2.36. The lowest BCUT2D eigenvalue weighted by Gasteiger charge is -1.89. The van der Waals surface area contributed by atoms with Crippen molar-refractivity contribution in [3.8, 4) is 0 Å². The maximum Gasteiger partial charge on any atom is 0.361 e. The number of rotatable bonds is 1. The normalized spacial score (nSPS) is 12.3. The van der Waals surface area contributed by atoms with Gasteiger partial charge in [0.1, 0.15) is 0 Å². The molecule has 1 unspecified atom stereocenters. The first-order valence-electron chi connectivity index (χ1n) is 1.40. The van der Waals surface area contributed by atoms with Gasteiger partial charge in [-0.1, -0.05) is 0 Å². The smallest absolute Gasteiger partial charge is 0.322 e. The largest absolute Gasteiger partial charge is 0.361 e. The fourth-order valence-electron chi connectivity index (χ4n) is 0. The van der Waals surface area contributed by atoms with Crippen LogP contribution < -0.4 is 0 Å². The number of hydrogen-bond acceptors (Lipinski definition) is 1. The lowest BCUT2D eigenvalue weighted by Crippen LogP contribution is -1.72. The highest BCUT2D eigenvalue weighted by Gasteiger charge is 2.09. The van der Waals surface area contributed by atoms with E-state index in [0.717, 1.165) is 0 Å². The molecule has 0 rings (SSSR count). The number of hydrogen-bond donors (Lipinski definition) is 2. The van der Waals surface area contributed by atoms with Gasteiger partial charge in [-0.05, 0) is 9.24 Å². The van der Waals surface area contributed by atoms with Crippen molar-refractivity contribution in [1.82, 2.24) is 0 Å². The Kier molecular flexibility index (Phi) is 2.23.